The molecule has 0 amide bonds. The molecule has 1 heteroatoms. The summed E-state index contributed by atoms with van der Waals surface area (Å²) in [7, 11) is 0. The number of hydrogen-bond donors (Lipinski definition) is 0. The Hall–Kier alpha value is -7.48. The van der Waals surface area contributed by atoms with E-state index in [2.05, 4.69) is 229 Å². The molecule has 0 N–H and O–H groups in total. The minimum absolute atomic E-state index is 0.503. The first kappa shape index (κ1) is 32.7. The van der Waals surface area contributed by atoms with Crippen LogP contribution in [-0.4, -0.2) is 0 Å². The van der Waals surface area contributed by atoms with Gasteiger partial charge in [0.15, 0.2) is 0 Å². The highest BCUT2D eigenvalue weighted by molar-refractivity contribution is 6.26. The van der Waals surface area contributed by atoms with Crippen LogP contribution in [-0.2, 0) is 5.41 Å². The molecule has 0 spiro atoms. The van der Waals surface area contributed by atoms with Gasteiger partial charge in [0, 0.05) is 17.1 Å². The van der Waals surface area contributed by atoms with E-state index in [-0.39, 0.29) is 0 Å². The Morgan fingerprint density at radius 2 is 0.707 bits per heavy atom. The van der Waals surface area contributed by atoms with Crippen LogP contribution in [0.1, 0.15) is 22.3 Å². The summed E-state index contributed by atoms with van der Waals surface area (Å²) in [4.78, 5) is 2.47. The van der Waals surface area contributed by atoms with E-state index in [0.29, 0.717) is 0 Å². The molecule has 0 heterocycles. The van der Waals surface area contributed by atoms with Crippen molar-refractivity contribution in [3.63, 3.8) is 0 Å². The van der Waals surface area contributed by atoms with Crippen LogP contribution in [0, 0.1) is 0 Å². The van der Waals surface area contributed by atoms with Gasteiger partial charge in [0.2, 0.25) is 0 Å². The molecule has 0 atom stereocenters. The highest BCUT2D eigenvalue weighted by atomic mass is 15.1. The van der Waals surface area contributed by atoms with E-state index in [1.165, 1.54) is 87.2 Å². The zero-order chi connectivity index (χ0) is 38.2. The first-order valence-electron chi connectivity index (χ1n) is 20.2. The van der Waals surface area contributed by atoms with Gasteiger partial charge in [0.1, 0.15) is 0 Å². The van der Waals surface area contributed by atoms with E-state index in [4.69, 9.17) is 0 Å². The predicted octanol–water partition coefficient (Wildman–Crippen LogP) is 15.3. The maximum absolute atomic E-state index is 2.47. The molecule has 12 rings (SSSR count). The Balaban J connectivity index is 1.16. The van der Waals surface area contributed by atoms with Gasteiger partial charge < -0.3 is 4.90 Å². The van der Waals surface area contributed by atoms with Crippen LogP contribution in [0.5, 0.6) is 0 Å². The van der Waals surface area contributed by atoms with Crippen molar-refractivity contribution in [2.75, 3.05) is 4.90 Å². The minimum Gasteiger partial charge on any atom is -0.310 e. The van der Waals surface area contributed by atoms with Crippen LogP contribution in [0.4, 0.5) is 17.1 Å². The monoisotopic (exact) mass is 735 g/mol. The van der Waals surface area contributed by atoms with Gasteiger partial charge in [-0.3, -0.25) is 0 Å². The predicted molar refractivity (Wildman–Crippen MR) is 246 cm³/mol. The summed E-state index contributed by atoms with van der Waals surface area (Å²) in [5.74, 6) is 0. The average molecular weight is 736 g/mol. The normalized spacial score (nSPS) is 13.0. The maximum Gasteiger partial charge on any atom is 0.0714 e. The third kappa shape index (κ3) is 4.71. The summed E-state index contributed by atoms with van der Waals surface area (Å²) in [6, 6.07) is 83.3. The van der Waals surface area contributed by atoms with Crippen LogP contribution < -0.4 is 4.90 Å². The molecule has 0 fully saturated rings. The molecular formula is C57H37N. The number of nitrogens with zero attached hydrogens (tertiary/aromatic N) is 1. The highest BCUT2D eigenvalue weighted by Crippen LogP contribution is 2.57. The third-order valence-electron chi connectivity index (χ3n) is 12.7. The smallest absolute Gasteiger partial charge is 0.0714 e. The first-order chi connectivity index (χ1) is 28.8. The third-order valence-corrected chi connectivity index (χ3v) is 12.7. The van der Waals surface area contributed by atoms with Gasteiger partial charge in [-0.25, -0.2) is 0 Å². The minimum atomic E-state index is -0.503. The van der Waals surface area contributed by atoms with E-state index in [0.717, 1.165) is 17.1 Å². The summed E-state index contributed by atoms with van der Waals surface area (Å²) < 4.78 is 0. The molecule has 1 nitrogen and oxygen atoms in total. The van der Waals surface area contributed by atoms with E-state index in [9.17, 15) is 0 Å². The lowest BCUT2D eigenvalue weighted by atomic mass is 9.67. The maximum atomic E-state index is 2.47. The Labute approximate surface area is 337 Å². The van der Waals surface area contributed by atoms with Crippen molar-refractivity contribution in [2.24, 2.45) is 0 Å². The van der Waals surface area contributed by atoms with Crippen LogP contribution in [0.25, 0.3) is 65.0 Å². The highest BCUT2D eigenvalue weighted by Gasteiger charge is 2.46. The molecule has 58 heavy (non-hydrogen) atoms. The van der Waals surface area contributed by atoms with Crippen molar-refractivity contribution < 1.29 is 0 Å². The second-order valence-corrected chi connectivity index (χ2v) is 15.6. The van der Waals surface area contributed by atoms with Crippen molar-refractivity contribution in [1.29, 1.82) is 0 Å². The lowest BCUT2D eigenvalue weighted by Gasteiger charge is -2.35. The number of fused-ring (bicyclic) bond motifs is 12. The molecule has 11 aromatic rings. The average Bonchev–Trinajstić information content (AvgIpc) is 3.60. The van der Waals surface area contributed by atoms with Crippen LogP contribution >= 0.6 is 0 Å². The first-order valence-corrected chi connectivity index (χ1v) is 20.2. The van der Waals surface area contributed by atoms with Gasteiger partial charge in [0.25, 0.3) is 0 Å². The molecule has 270 valence electrons. The number of anilines is 3. The van der Waals surface area contributed by atoms with Crippen molar-refractivity contribution in [1.82, 2.24) is 0 Å². The lowest BCUT2D eigenvalue weighted by molar-refractivity contribution is 0.768. The summed E-state index contributed by atoms with van der Waals surface area (Å²) in [5.41, 5.74) is 10.5. The van der Waals surface area contributed by atoms with E-state index < -0.39 is 5.41 Å². The topological polar surface area (TPSA) is 3.24 Å². The Morgan fingerprint density at radius 1 is 0.259 bits per heavy atom. The molecule has 0 bridgehead atoms. The molecule has 1 aliphatic carbocycles. The summed E-state index contributed by atoms with van der Waals surface area (Å²) in [6.45, 7) is 0. The van der Waals surface area contributed by atoms with Gasteiger partial charge in [-0.15, -0.1) is 0 Å². The van der Waals surface area contributed by atoms with Gasteiger partial charge >= 0.3 is 0 Å². The molecular weight excluding hydrogens is 699 g/mol. The van der Waals surface area contributed by atoms with E-state index in [1.807, 2.05) is 0 Å². The van der Waals surface area contributed by atoms with Crippen molar-refractivity contribution in [3.8, 4) is 11.1 Å². The lowest BCUT2D eigenvalue weighted by Crippen LogP contribution is -2.28. The van der Waals surface area contributed by atoms with Crippen LogP contribution in [0.3, 0.4) is 0 Å². The number of benzene rings is 11. The van der Waals surface area contributed by atoms with Gasteiger partial charge in [-0.1, -0.05) is 188 Å². The fourth-order valence-corrected chi connectivity index (χ4v) is 10.2. The molecule has 11 aromatic carbocycles. The Kier molecular flexibility index (Phi) is 7.21. The molecule has 0 aromatic heterocycles. The molecule has 0 unspecified atom stereocenters. The van der Waals surface area contributed by atoms with Crippen molar-refractivity contribution >= 4 is 70.9 Å². The Morgan fingerprint density at radius 3 is 1.40 bits per heavy atom. The SMILES string of the molecule is c1ccc(C2(c3ccccc3)c3ccccc3-c3ccc(N(c4ccc5c(ccc6ccccc65)c4)c4ccc5c6ccccc6c6ccccc6c5c4)cc32)cc1. The molecule has 0 radical (unpaired) electrons. The van der Waals surface area contributed by atoms with Gasteiger partial charge in [-0.05, 0) is 124 Å². The van der Waals surface area contributed by atoms with Crippen LogP contribution in [0.15, 0.2) is 224 Å². The quantitative estimate of drug-likeness (QED) is 0.159. The summed E-state index contributed by atoms with van der Waals surface area (Å²) in [5, 5.41) is 12.6. The number of rotatable bonds is 5. The van der Waals surface area contributed by atoms with Crippen LogP contribution in [0.2, 0.25) is 0 Å². The van der Waals surface area contributed by atoms with E-state index >= 15 is 0 Å². The fraction of sp³-hybridized carbons (Fsp3) is 0.0175. The van der Waals surface area contributed by atoms with Gasteiger partial charge in [-0.2, -0.15) is 0 Å². The summed E-state index contributed by atoms with van der Waals surface area (Å²) >= 11 is 0. The van der Waals surface area contributed by atoms with E-state index in [1.54, 1.807) is 0 Å². The van der Waals surface area contributed by atoms with Gasteiger partial charge in [0.05, 0.1) is 5.41 Å². The standard InChI is InChI=1S/C57H37N/c1-3-16-40(17-4-1)57(41-18-5-2-6-19-41)55-26-14-13-25-52(55)53-34-31-44(37-56(53)57)58(42-29-32-46-39(35-42)28-27-38-15-7-8-20-45(38)46)43-30-33-51-49-23-10-9-21-47(49)48-22-11-12-24-50(48)54(51)36-43/h1-37H. The molecule has 0 aliphatic heterocycles. The fourth-order valence-electron chi connectivity index (χ4n) is 10.2. The molecule has 1 aliphatic rings. The largest absolute Gasteiger partial charge is 0.310 e. The number of hydrogen-bond acceptors (Lipinski definition) is 1. The van der Waals surface area contributed by atoms with Crippen molar-refractivity contribution in [2.45, 2.75) is 5.41 Å². The second-order valence-electron chi connectivity index (χ2n) is 15.6. The van der Waals surface area contributed by atoms with Crippen molar-refractivity contribution in [3.05, 3.63) is 247 Å². The Bertz CT molecular complexity index is 3330. The zero-order valence-electron chi connectivity index (χ0n) is 31.8. The summed E-state index contributed by atoms with van der Waals surface area (Å²) in [6.07, 6.45) is 0. The molecule has 0 saturated carbocycles. The zero-order valence-corrected chi connectivity index (χ0v) is 31.8. The molecule has 0 saturated heterocycles. The second kappa shape index (κ2) is 12.8.